The van der Waals surface area contributed by atoms with Crippen LogP contribution in [0, 0.1) is 10.1 Å². The van der Waals surface area contributed by atoms with Gasteiger partial charge in [0.15, 0.2) is 0 Å². The molecule has 2 heterocycles. The molecule has 0 saturated heterocycles. The van der Waals surface area contributed by atoms with E-state index in [0.717, 1.165) is 22.2 Å². The molecular formula is C22H18N4O5. The van der Waals surface area contributed by atoms with Gasteiger partial charge in [0.05, 0.1) is 11.5 Å². The van der Waals surface area contributed by atoms with Crippen LogP contribution in [-0.4, -0.2) is 26.1 Å². The minimum absolute atomic E-state index is 0.164. The van der Waals surface area contributed by atoms with Gasteiger partial charge in [0, 0.05) is 22.7 Å². The molecule has 0 radical (unpaired) electrons. The Morgan fingerprint density at radius 3 is 2.52 bits per heavy atom. The van der Waals surface area contributed by atoms with Crippen molar-refractivity contribution < 1.29 is 9.66 Å². The molecule has 2 aromatic carbocycles. The minimum Gasteiger partial charge on any atom is -0.492 e. The van der Waals surface area contributed by atoms with E-state index >= 15 is 0 Å². The second-order valence-electron chi connectivity index (χ2n) is 6.72. The van der Waals surface area contributed by atoms with Crippen LogP contribution in [0.3, 0.4) is 0 Å². The van der Waals surface area contributed by atoms with Crippen molar-refractivity contribution in [3.8, 4) is 5.75 Å². The molecule has 0 aliphatic carbocycles. The Morgan fingerprint density at radius 2 is 1.74 bits per heavy atom. The van der Waals surface area contributed by atoms with Gasteiger partial charge >= 0.3 is 16.9 Å². The molecule has 4 rings (SSSR count). The van der Waals surface area contributed by atoms with Gasteiger partial charge in [-0.15, -0.1) is 0 Å². The van der Waals surface area contributed by atoms with Gasteiger partial charge in [-0.25, -0.2) is 4.79 Å². The molecule has 0 amide bonds. The number of benzene rings is 2. The maximum absolute atomic E-state index is 11.8. The predicted molar refractivity (Wildman–Crippen MR) is 117 cm³/mol. The lowest BCUT2D eigenvalue weighted by Crippen LogP contribution is -2.25. The summed E-state index contributed by atoms with van der Waals surface area (Å²) in [5.41, 5.74) is -0.984. The van der Waals surface area contributed by atoms with E-state index in [4.69, 9.17) is 4.74 Å². The Bertz CT molecular complexity index is 1380. The largest absolute Gasteiger partial charge is 0.492 e. The molecule has 0 unspecified atom stereocenters. The second kappa shape index (κ2) is 8.54. The maximum Gasteiger partial charge on any atom is 0.357 e. The van der Waals surface area contributed by atoms with Crippen molar-refractivity contribution >= 4 is 28.7 Å². The van der Waals surface area contributed by atoms with E-state index in [1.807, 2.05) is 70.3 Å². The van der Waals surface area contributed by atoms with Crippen LogP contribution in [0.4, 0.5) is 5.69 Å². The molecule has 4 aromatic rings. The summed E-state index contributed by atoms with van der Waals surface area (Å²) in [5, 5.41) is 12.2. The second-order valence-corrected chi connectivity index (χ2v) is 6.72. The SMILES string of the molecule is O=c1[nH]c(/C=C/c2cn(CCOc3ccccc3)c3ccccc23)c([N+](=O)[O-])c(=O)[nH]1. The Morgan fingerprint density at radius 1 is 1.00 bits per heavy atom. The molecular weight excluding hydrogens is 400 g/mol. The van der Waals surface area contributed by atoms with E-state index in [1.54, 1.807) is 6.08 Å². The standard InChI is InChI=1S/C22H18N4O5/c27-21-20(26(29)30)18(23-22(28)24-21)11-10-15-14-25(19-9-5-4-8-17(15)19)12-13-31-16-6-2-1-3-7-16/h1-11,14H,12-13H2,(H2,23,24,27,28)/b11-10+. The van der Waals surface area contributed by atoms with Gasteiger partial charge in [0.2, 0.25) is 0 Å². The van der Waals surface area contributed by atoms with Crippen LogP contribution in [0.5, 0.6) is 5.75 Å². The van der Waals surface area contributed by atoms with Crippen molar-refractivity contribution in [1.29, 1.82) is 0 Å². The number of hydrogen-bond donors (Lipinski definition) is 2. The quantitative estimate of drug-likeness (QED) is 0.352. The average molecular weight is 418 g/mol. The summed E-state index contributed by atoms with van der Waals surface area (Å²) in [6.07, 6.45) is 4.89. The van der Waals surface area contributed by atoms with E-state index in [1.165, 1.54) is 6.08 Å². The van der Waals surface area contributed by atoms with Crippen molar-refractivity contribution in [1.82, 2.24) is 14.5 Å². The van der Waals surface area contributed by atoms with E-state index in [-0.39, 0.29) is 5.69 Å². The maximum atomic E-state index is 11.8. The highest BCUT2D eigenvalue weighted by Gasteiger charge is 2.19. The third kappa shape index (κ3) is 4.30. The summed E-state index contributed by atoms with van der Waals surface area (Å²) in [4.78, 5) is 37.9. The fraction of sp³-hybridized carbons (Fsp3) is 0.0909. The predicted octanol–water partition coefficient (Wildman–Crippen LogP) is 3.18. The Kier molecular flexibility index (Phi) is 5.48. The summed E-state index contributed by atoms with van der Waals surface area (Å²) in [7, 11) is 0. The Labute approximate surface area is 175 Å². The monoisotopic (exact) mass is 418 g/mol. The summed E-state index contributed by atoms with van der Waals surface area (Å²) >= 11 is 0. The van der Waals surface area contributed by atoms with Crippen molar-refractivity contribution in [2.24, 2.45) is 0 Å². The highest BCUT2D eigenvalue weighted by Crippen LogP contribution is 2.24. The number of para-hydroxylation sites is 2. The van der Waals surface area contributed by atoms with Crippen LogP contribution in [0.25, 0.3) is 23.1 Å². The Hall–Kier alpha value is -4.40. The fourth-order valence-corrected chi connectivity index (χ4v) is 3.34. The van der Waals surface area contributed by atoms with Gasteiger partial charge in [-0.05, 0) is 24.3 Å². The smallest absolute Gasteiger partial charge is 0.357 e. The molecule has 0 atom stereocenters. The number of ether oxygens (including phenoxy) is 1. The number of nitrogens with zero attached hydrogens (tertiary/aromatic N) is 2. The third-order valence-electron chi connectivity index (χ3n) is 4.72. The van der Waals surface area contributed by atoms with E-state index in [2.05, 4.69) is 4.98 Å². The zero-order valence-corrected chi connectivity index (χ0v) is 16.3. The number of fused-ring (bicyclic) bond motifs is 1. The van der Waals surface area contributed by atoms with Gasteiger partial charge in [-0.3, -0.25) is 19.9 Å². The zero-order chi connectivity index (χ0) is 21.8. The van der Waals surface area contributed by atoms with Crippen molar-refractivity contribution in [3.63, 3.8) is 0 Å². The molecule has 0 aliphatic heterocycles. The molecule has 0 bridgehead atoms. The molecule has 31 heavy (non-hydrogen) atoms. The molecule has 0 saturated carbocycles. The number of H-pyrrole nitrogens is 2. The summed E-state index contributed by atoms with van der Waals surface area (Å²) < 4.78 is 7.79. The lowest BCUT2D eigenvalue weighted by molar-refractivity contribution is -0.386. The number of aromatic amines is 2. The molecule has 9 heteroatoms. The van der Waals surface area contributed by atoms with E-state index in [9.17, 15) is 19.7 Å². The van der Waals surface area contributed by atoms with Crippen LogP contribution >= 0.6 is 0 Å². The van der Waals surface area contributed by atoms with Gasteiger partial charge in [0.25, 0.3) is 0 Å². The lowest BCUT2D eigenvalue weighted by Gasteiger charge is -2.08. The highest BCUT2D eigenvalue weighted by atomic mass is 16.6. The molecule has 2 N–H and O–H groups in total. The lowest BCUT2D eigenvalue weighted by atomic mass is 10.1. The van der Waals surface area contributed by atoms with Crippen LogP contribution in [-0.2, 0) is 6.54 Å². The van der Waals surface area contributed by atoms with E-state index < -0.39 is 21.9 Å². The van der Waals surface area contributed by atoms with Crippen LogP contribution < -0.4 is 16.0 Å². The fourth-order valence-electron chi connectivity index (χ4n) is 3.34. The minimum atomic E-state index is -1.05. The highest BCUT2D eigenvalue weighted by molar-refractivity contribution is 5.92. The number of nitrogens with one attached hydrogen (secondary N) is 2. The normalized spacial score (nSPS) is 11.2. The van der Waals surface area contributed by atoms with Gasteiger partial charge in [-0.1, -0.05) is 42.5 Å². The molecule has 0 fully saturated rings. The summed E-state index contributed by atoms with van der Waals surface area (Å²) in [5.74, 6) is 0.782. The van der Waals surface area contributed by atoms with Crippen molar-refractivity contribution in [2.45, 2.75) is 6.54 Å². The molecule has 0 aliphatic rings. The third-order valence-corrected chi connectivity index (χ3v) is 4.72. The molecule has 156 valence electrons. The first-order chi connectivity index (χ1) is 15.0. The number of hydrogen-bond acceptors (Lipinski definition) is 5. The van der Waals surface area contributed by atoms with E-state index in [0.29, 0.717) is 13.2 Å². The van der Waals surface area contributed by atoms with Gasteiger partial charge < -0.3 is 14.3 Å². The van der Waals surface area contributed by atoms with Crippen LogP contribution in [0.1, 0.15) is 11.3 Å². The zero-order valence-electron chi connectivity index (χ0n) is 16.3. The van der Waals surface area contributed by atoms with Crippen LogP contribution in [0.2, 0.25) is 0 Å². The molecule has 2 aromatic heterocycles. The first-order valence-electron chi connectivity index (χ1n) is 9.48. The molecule has 0 spiro atoms. The topological polar surface area (TPSA) is 123 Å². The first-order valence-corrected chi connectivity index (χ1v) is 9.48. The van der Waals surface area contributed by atoms with Crippen LogP contribution in [0.15, 0.2) is 70.4 Å². The van der Waals surface area contributed by atoms with Crippen molar-refractivity contribution in [2.75, 3.05) is 6.61 Å². The average Bonchev–Trinajstić information content (AvgIpc) is 3.10. The number of rotatable bonds is 7. The Balaban J connectivity index is 1.64. The molecule has 9 nitrogen and oxygen atoms in total. The van der Waals surface area contributed by atoms with Gasteiger partial charge in [0.1, 0.15) is 18.1 Å². The first kappa shape index (κ1) is 19.9. The summed E-state index contributed by atoms with van der Waals surface area (Å²) in [6.45, 7) is 1.05. The van der Waals surface area contributed by atoms with Gasteiger partial charge in [-0.2, -0.15) is 0 Å². The number of aromatic nitrogens is 3. The number of nitro groups is 1. The summed E-state index contributed by atoms with van der Waals surface area (Å²) in [6, 6.07) is 17.2. The van der Waals surface area contributed by atoms with Crippen molar-refractivity contribution in [3.05, 3.63) is 103 Å².